The molecule has 4 heteroatoms. The first kappa shape index (κ1) is 16.5. The minimum absolute atomic E-state index is 0.228. The number of ether oxygens (including phenoxy) is 1. The first-order valence-corrected chi connectivity index (χ1v) is 7.07. The number of carbonyl (C=O) groups is 1. The van der Waals surface area contributed by atoms with Gasteiger partial charge < -0.3 is 4.74 Å². The highest BCUT2D eigenvalue weighted by atomic mass is 35.5. The number of nitrogens with zero attached hydrogens (tertiary/aromatic N) is 1. The van der Waals surface area contributed by atoms with Crippen LogP contribution in [0.5, 0.6) is 0 Å². The lowest BCUT2D eigenvalue weighted by Gasteiger charge is -2.19. The van der Waals surface area contributed by atoms with Gasteiger partial charge in [-0.15, -0.1) is 0 Å². The van der Waals surface area contributed by atoms with Crippen LogP contribution >= 0.6 is 11.6 Å². The van der Waals surface area contributed by atoms with Crippen molar-refractivity contribution < 1.29 is 9.53 Å². The minimum atomic E-state index is -0.464. The van der Waals surface area contributed by atoms with Crippen LogP contribution in [0, 0.1) is 11.3 Å². The summed E-state index contributed by atoms with van der Waals surface area (Å²) in [5.74, 6) is -0.514. The third-order valence-corrected chi connectivity index (χ3v) is 3.07. The molecule has 0 spiro atoms. The highest BCUT2D eigenvalue weighted by Gasteiger charge is 2.18. The summed E-state index contributed by atoms with van der Waals surface area (Å²) < 4.78 is 5.23. The molecule has 0 aliphatic rings. The van der Waals surface area contributed by atoms with E-state index in [0.29, 0.717) is 24.3 Å². The molecule has 0 amide bonds. The Morgan fingerprint density at radius 1 is 1.40 bits per heavy atom. The SMILES string of the molecule is CC(C)(C)OC(=O)CCCC(C#N)c1ccccc1Cl. The molecule has 0 heterocycles. The average molecular weight is 294 g/mol. The zero-order valence-electron chi connectivity index (χ0n) is 12.1. The molecule has 1 aromatic rings. The summed E-state index contributed by atoms with van der Waals surface area (Å²) in [5, 5.41) is 9.82. The molecule has 0 aliphatic carbocycles. The van der Waals surface area contributed by atoms with Crippen LogP contribution in [0.2, 0.25) is 5.02 Å². The Labute approximate surface area is 125 Å². The van der Waals surface area contributed by atoms with Crippen LogP contribution in [0.25, 0.3) is 0 Å². The zero-order valence-corrected chi connectivity index (χ0v) is 12.9. The van der Waals surface area contributed by atoms with Crippen LogP contribution in [-0.2, 0) is 9.53 Å². The number of esters is 1. The number of rotatable bonds is 5. The summed E-state index contributed by atoms with van der Waals surface area (Å²) in [7, 11) is 0. The number of hydrogen-bond donors (Lipinski definition) is 0. The Hall–Kier alpha value is -1.53. The molecule has 3 nitrogen and oxygen atoms in total. The van der Waals surface area contributed by atoms with Gasteiger partial charge in [0.05, 0.1) is 12.0 Å². The summed E-state index contributed by atoms with van der Waals surface area (Å²) >= 11 is 6.08. The molecule has 108 valence electrons. The van der Waals surface area contributed by atoms with Crippen LogP contribution in [0.3, 0.4) is 0 Å². The van der Waals surface area contributed by atoms with E-state index < -0.39 is 5.60 Å². The lowest BCUT2D eigenvalue weighted by Crippen LogP contribution is -2.23. The van der Waals surface area contributed by atoms with Crippen molar-refractivity contribution >= 4 is 17.6 Å². The smallest absolute Gasteiger partial charge is 0.306 e. The first-order chi connectivity index (χ1) is 9.33. The predicted molar refractivity (Wildman–Crippen MR) is 79.5 cm³/mol. The monoisotopic (exact) mass is 293 g/mol. The van der Waals surface area contributed by atoms with E-state index >= 15 is 0 Å². The average Bonchev–Trinajstić information content (AvgIpc) is 2.34. The predicted octanol–water partition coefficient (Wildman–Crippen LogP) is 4.46. The fraction of sp³-hybridized carbons (Fsp3) is 0.500. The molecule has 0 saturated carbocycles. The van der Waals surface area contributed by atoms with Gasteiger partial charge in [0.15, 0.2) is 0 Å². The van der Waals surface area contributed by atoms with E-state index in [9.17, 15) is 10.1 Å². The van der Waals surface area contributed by atoms with E-state index in [1.54, 1.807) is 6.07 Å². The maximum Gasteiger partial charge on any atom is 0.306 e. The minimum Gasteiger partial charge on any atom is -0.460 e. The second kappa shape index (κ2) is 7.31. The largest absolute Gasteiger partial charge is 0.460 e. The van der Waals surface area contributed by atoms with Crippen molar-refractivity contribution in [2.45, 2.75) is 51.6 Å². The number of nitriles is 1. The zero-order chi connectivity index (χ0) is 15.2. The van der Waals surface area contributed by atoms with Crippen LogP contribution in [-0.4, -0.2) is 11.6 Å². The van der Waals surface area contributed by atoms with Gasteiger partial charge in [-0.1, -0.05) is 29.8 Å². The number of halogens is 1. The van der Waals surface area contributed by atoms with Crippen LogP contribution in [0.15, 0.2) is 24.3 Å². The number of carbonyl (C=O) groups excluding carboxylic acids is 1. The van der Waals surface area contributed by atoms with Gasteiger partial charge in [-0.05, 0) is 45.2 Å². The van der Waals surface area contributed by atoms with Crippen LogP contribution in [0.1, 0.15) is 51.5 Å². The van der Waals surface area contributed by atoms with Crippen molar-refractivity contribution in [3.63, 3.8) is 0 Å². The Kier molecular flexibility index (Phi) is 6.04. The molecule has 0 N–H and O–H groups in total. The van der Waals surface area contributed by atoms with E-state index in [2.05, 4.69) is 6.07 Å². The number of benzene rings is 1. The van der Waals surface area contributed by atoms with Crippen LogP contribution in [0.4, 0.5) is 0 Å². The van der Waals surface area contributed by atoms with E-state index in [4.69, 9.17) is 16.3 Å². The number of hydrogen-bond acceptors (Lipinski definition) is 3. The molecular weight excluding hydrogens is 274 g/mol. The van der Waals surface area contributed by atoms with Gasteiger partial charge in [0.1, 0.15) is 5.60 Å². The highest BCUT2D eigenvalue weighted by Crippen LogP contribution is 2.28. The van der Waals surface area contributed by atoms with Crippen molar-refractivity contribution in [3.8, 4) is 6.07 Å². The van der Waals surface area contributed by atoms with Gasteiger partial charge >= 0.3 is 5.97 Å². The van der Waals surface area contributed by atoms with Gasteiger partial charge in [0, 0.05) is 11.4 Å². The summed E-state index contributed by atoms with van der Waals surface area (Å²) in [4.78, 5) is 11.6. The molecule has 1 rings (SSSR count). The fourth-order valence-corrected chi connectivity index (χ4v) is 2.16. The topological polar surface area (TPSA) is 50.1 Å². The molecule has 0 bridgehead atoms. The highest BCUT2D eigenvalue weighted by molar-refractivity contribution is 6.31. The molecule has 0 fully saturated rings. The molecule has 0 radical (unpaired) electrons. The summed E-state index contributed by atoms with van der Waals surface area (Å²) in [6.07, 6.45) is 1.53. The third-order valence-electron chi connectivity index (χ3n) is 2.73. The van der Waals surface area contributed by atoms with E-state index in [0.717, 1.165) is 5.56 Å². The van der Waals surface area contributed by atoms with Gasteiger partial charge in [-0.25, -0.2) is 0 Å². The Morgan fingerprint density at radius 2 is 2.05 bits per heavy atom. The van der Waals surface area contributed by atoms with Crippen molar-refractivity contribution in [1.29, 1.82) is 5.26 Å². The fourth-order valence-electron chi connectivity index (χ4n) is 1.89. The Morgan fingerprint density at radius 3 is 2.60 bits per heavy atom. The second-order valence-electron chi connectivity index (χ2n) is 5.68. The second-order valence-corrected chi connectivity index (χ2v) is 6.09. The molecular formula is C16H20ClNO2. The molecule has 1 aromatic carbocycles. The summed E-state index contributed by atoms with van der Waals surface area (Å²) in [5.41, 5.74) is 0.356. The summed E-state index contributed by atoms with van der Waals surface area (Å²) in [6, 6.07) is 9.56. The van der Waals surface area contributed by atoms with Crippen molar-refractivity contribution in [2.24, 2.45) is 0 Å². The maximum absolute atomic E-state index is 11.6. The molecule has 1 unspecified atom stereocenters. The maximum atomic E-state index is 11.6. The molecule has 0 aromatic heterocycles. The third kappa shape index (κ3) is 5.63. The molecule has 0 saturated heterocycles. The van der Waals surface area contributed by atoms with E-state index in [1.165, 1.54) is 0 Å². The quantitative estimate of drug-likeness (QED) is 0.753. The normalized spacial score (nSPS) is 12.6. The lowest BCUT2D eigenvalue weighted by atomic mass is 9.95. The lowest BCUT2D eigenvalue weighted by molar-refractivity contribution is -0.154. The van der Waals surface area contributed by atoms with Crippen molar-refractivity contribution in [1.82, 2.24) is 0 Å². The Balaban J connectivity index is 2.50. The van der Waals surface area contributed by atoms with Gasteiger partial charge in [-0.3, -0.25) is 4.79 Å². The van der Waals surface area contributed by atoms with E-state index in [-0.39, 0.29) is 11.9 Å². The van der Waals surface area contributed by atoms with E-state index in [1.807, 2.05) is 39.0 Å². The standard InChI is InChI=1S/C16H20ClNO2/c1-16(2,3)20-15(19)10-6-7-12(11-18)13-8-4-5-9-14(13)17/h4-5,8-9,12H,6-7,10H2,1-3H3. The molecule has 1 atom stereocenters. The van der Waals surface area contributed by atoms with Crippen molar-refractivity contribution in [2.75, 3.05) is 0 Å². The van der Waals surface area contributed by atoms with Crippen molar-refractivity contribution in [3.05, 3.63) is 34.9 Å². The summed E-state index contributed by atoms with van der Waals surface area (Å²) in [6.45, 7) is 5.52. The van der Waals surface area contributed by atoms with Crippen LogP contribution < -0.4 is 0 Å². The first-order valence-electron chi connectivity index (χ1n) is 6.69. The van der Waals surface area contributed by atoms with Gasteiger partial charge in [0.2, 0.25) is 0 Å². The van der Waals surface area contributed by atoms with Gasteiger partial charge in [0.25, 0.3) is 0 Å². The molecule has 0 aliphatic heterocycles. The van der Waals surface area contributed by atoms with Gasteiger partial charge in [-0.2, -0.15) is 5.26 Å². The Bertz CT molecular complexity index is 500. The molecule has 20 heavy (non-hydrogen) atoms.